The van der Waals surface area contributed by atoms with E-state index in [2.05, 4.69) is 5.32 Å². The lowest BCUT2D eigenvalue weighted by atomic mass is 10.1. The van der Waals surface area contributed by atoms with Gasteiger partial charge in [-0.1, -0.05) is 12.1 Å². The quantitative estimate of drug-likeness (QED) is 0.643. The largest absolute Gasteiger partial charge is 0.508 e. The molecule has 0 saturated carbocycles. The Balaban J connectivity index is 2.12. The summed E-state index contributed by atoms with van der Waals surface area (Å²) in [7, 11) is 0. The Hall–Kier alpha value is -3.02. The van der Waals surface area contributed by atoms with E-state index in [9.17, 15) is 19.8 Å². The van der Waals surface area contributed by atoms with Gasteiger partial charge in [-0.05, 0) is 35.9 Å². The molecule has 0 aliphatic rings. The van der Waals surface area contributed by atoms with Crippen LogP contribution in [0.3, 0.4) is 0 Å². The van der Waals surface area contributed by atoms with Crippen molar-refractivity contribution in [3.05, 3.63) is 53.6 Å². The summed E-state index contributed by atoms with van der Waals surface area (Å²) in [5.74, 6) is -1.75. The highest BCUT2D eigenvalue weighted by Crippen LogP contribution is 2.24. The summed E-state index contributed by atoms with van der Waals surface area (Å²) in [6.07, 6.45) is -0.00879. The molecular weight excluding hydrogens is 274 g/mol. The van der Waals surface area contributed by atoms with Crippen LogP contribution in [-0.2, 0) is 11.2 Å². The van der Waals surface area contributed by atoms with E-state index in [0.717, 1.165) is 0 Å². The number of rotatable bonds is 4. The fraction of sp³-hybridized carbons (Fsp3) is 0.0667. The number of hydrogen-bond donors (Lipinski definition) is 4. The number of carbonyl (C=O) groups is 2. The van der Waals surface area contributed by atoms with Gasteiger partial charge in [0.1, 0.15) is 11.5 Å². The third-order valence-electron chi connectivity index (χ3n) is 2.79. The number of nitrogens with one attached hydrogen (secondary N) is 1. The van der Waals surface area contributed by atoms with Crippen molar-refractivity contribution >= 4 is 17.6 Å². The number of carbonyl (C=O) groups excluding carboxylic acids is 1. The Bertz CT molecular complexity index is 696. The summed E-state index contributed by atoms with van der Waals surface area (Å²) < 4.78 is 0. The van der Waals surface area contributed by atoms with Crippen LogP contribution in [0.1, 0.15) is 15.9 Å². The van der Waals surface area contributed by atoms with Gasteiger partial charge in [-0.2, -0.15) is 0 Å². The average molecular weight is 287 g/mol. The third-order valence-corrected chi connectivity index (χ3v) is 2.79. The van der Waals surface area contributed by atoms with Crippen LogP contribution in [0, 0.1) is 0 Å². The van der Waals surface area contributed by atoms with Gasteiger partial charge in [0, 0.05) is 0 Å². The van der Waals surface area contributed by atoms with Crippen molar-refractivity contribution in [2.24, 2.45) is 0 Å². The maximum atomic E-state index is 11.9. The second-order valence-corrected chi connectivity index (χ2v) is 4.43. The molecule has 0 saturated heterocycles. The van der Waals surface area contributed by atoms with E-state index >= 15 is 0 Å². The second-order valence-electron chi connectivity index (χ2n) is 4.43. The zero-order valence-electron chi connectivity index (χ0n) is 10.9. The summed E-state index contributed by atoms with van der Waals surface area (Å²) in [4.78, 5) is 22.7. The number of carboxylic acids is 1. The first-order chi connectivity index (χ1) is 9.95. The molecule has 0 heterocycles. The Morgan fingerprint density at radius 3 is 2.48 bits per heavy atom. The average Bonchev–Trinajstić information content (AvgIpc) is 2.41. The third kappa shape index (κ3) is 3.73. The number of carboxylic acid groups (broad SMARTS) is 1. The van der Waals surface area contributed by atoms with Crippen LogP contribution in [0.5, 0.6) is 11.5 Å². The minimum Gasteiger partial charge on any atom is -0.508 e. The van der Waals surface area contributed by atoms with Gasteiger partial charge in [0.05, 0.1) is 17.7 Å². The predicted molar refractivity (Wildman–Crippen MR) is 75.5 cm³/mol. The number of aromatic hydroxyl groups is 2. The van der Waals surface area contributed by atoms with Crippen molar-refractivity contribution in [2.45, 2.75) is 6.42 Å². The van der Waals surface area contributed by atoms with Crippen LogP contribution in [0.2, 0.25) is 0 Å². The highest BCUT2D eigenvalue weighted by Gasteiger charge is 2.11. The minimum absolute atomic E-state index is 0.00879. The summed E-state index contributed by atoms with van der Waals surface area (Å²) >= 11 is 0. The van der Waals surface area contributed by atoms with Crippen molar-refractivity contribution in [2.75, 3.05) is 5.32 Å². The molecule has 108 valence electrons. The first-order valence-electron chi connectivity index (χ1n) is 6.10. The van der Waals surface area contributed by atoms with E-state index in [1.54, 1.807) is 12.1 Å². The summed E-state index contributed by atoms with van der Waals surface area (Å²) in [6.45, 7) is 0. The number of amides is 1. The van der Waals surface area contributed by atoms with Gasteiger partial charge >= 0.3 is 5.97 Å². The van der Waals surface area contributed by atoms with Gasteiger partial charge in [-0.25, -0.2) is 4.79 Å². The molecule has 0 spiro atoms. The molecule has 2 aromatic rings. The standard InChI is InChI=1S/C15H13NO5/c17-11-3-1-2-9(6-11)7-14(19)16-12-8-10(15(20)21)4-5-13(12)18/h1-6,8,17-18H,7H2,(H,16,19)(H,20,21). The maximum Gasteiger partial charge on any atom is 0.335 e. The van der Waals surface area contributed by atoms with Gasteiger partial charge in [-0.3, -0.25) is 4.79 Å². The van der Waals surface area contributed by atoms with Crippen LogP contribution >= 0.6 is 0 Å². The first kappa shape index (κ1) is 14.4. The Labute approximate surface area is 120 Å². The highest BCUT2D eigenvalue weighted by molar-refractivity contribution is 5.96. The molecule has 6 heteroatoms. The molecule has 2 aromatic carbocycles. The van der Waals surface area contributed by atoms with Gasteiger partial charge in [-0.15, -0.1) is 0 Å². The number of anilines is 1. The molecule has 0 unspecified atom stereocenters. The fourth-order valence-corrected chi connectivity index (χ4v) is 1.82. The normalized spacial score (nSPS) is 10.1. The first-order valence-corrected chi connectivity index (χ1v) is 6.10. The number of benzene rings is 2. The van der Waals surface area contributed by atoms with E-state index in [4.69, 9.17) is 5.11 Å². The molecule has 0 atom stereocenters. The summed E-state index contributed by atoms with van der Waals surface area (Å²) in [6, 6.07) is 9.85. The molecule has 21 heavy (non-hydrogen) atoms. The molecule has 0 aromatic heterocycles. The smallest absolute Gasteiger partial charge is 0.335 e. The second kappa shape index (κ2) is 5.96. The van der Waals surface area contributed by atoms with Gasteiger partial charge in [0.15, 0.2) is 0 Å². The van der Waals surface area contributed by atoms with Crippen molar-refractivity contribution in [3.8, 4) is 11.5 Å². The van der Waals surface area contributed by atoms with Crippen LogP contribution in [0.25, 0.3) is 0 Å². The Kier molecular flexibility index (Phi) is 4.08. The van der Waals surface area contributed by atoms with Crippen LogP contribution in [-0.4, -0.2) is 27.2 Å². The van der Waals surface area contributed by atoms with Crippen LogP contribution < -0.4 is 5.32 Å². The van der Waals surface area contributed by atoms with Gasteiger partial charge in [0.2, 0.25) is 5.91 Å². The molecule has 0 bridgehead atoms. The molecule has 0 aliphatic heterocycles. The monoisotopic (exact) mass is 287 g/mol. The lowest BCUT2D eigenvalue weighted by Crippen LogP contribution is -2.15. The minimum atomic E-state index is -1.15. The van der Waals surface area contributed by atoms with Crippen molar-refractivity contribution in [3.63, 3.8) is 0 Å². The molecule has 2 rings (SSSR count). The Morgan fingerprint density at radius 2 is 1.81 bits per heavy atom. The van der Waals surface area contributed by atoms with E-state index in [1.165, 1.54) is 30.3 Å². The lowest BCUT2D eigenvalue weighted by molar-refractivity contribution is -0.115. The van der Waals surface area contributed by atoms with Gasteiger partial charge in [0.25, 0.3) is 0 Å². The topological polar surface area (TPSA) is 107 Å². The number of phenols is 2. The van der Waals surface area contributed by atoms with E-state index < -0.39 is 11.9 Å². The number of hydrogen-bond acceptors (Lipinski definition) is 4. The van der Waals surface area contributed by atoms with Crippen molar-refractivity contribution in [1.29, 1.82) is 0 Å². The molecular formula is C15H13NO5. The predicted octanol–water partition coefficient (Wildman–Crippen LogP) is 1.98. The molecule has 1 amide bonds. The van der Waals surface area contributed by atoms with Crippen LogP contribution in [0.4, 0.5) is 5.69 Å². The fourth-order valence-electron chi connectivity index (χ4n) is 1.82. The SMILES string of the molecule is O=C(Cc1cccc(O)c1)Nc1cc(C(=O)O)ccc1O. The van der Waals surface area contributed by atoms with Crippen LogP contribution in [0.15, 0.2) is 42.5 Å². The van der Waals surface area contributed by atoms with Crippen molar-refractivity contribution < 1.29 is 24.9 Å². The summed E-state index contributed by atoms with van der Waals surface area (Å²) in [5.41, 5.74) is 0.585. The summed E-state index contributed by atoms with van der Waals surface area (Å²) in [5, 5.41) is 30.3. The van der Waals surface area contributed by atoms with E-state index in [0.29, 0.717) is 5.56 Å². The lowest BCUT2D eigenvalue weighted by Gasteiger charge is -2.08. The van der Waals surface area contributed by atoms with Gasteiger partial charge < -0.3 is 20.6 Å². The molecule has 0 radical (unpaired) electrons. The molecule has 4 N–H and O–H groups in total. The highest BCUT2D eigenvalue weighted by atomic mass is 16.4. The number of aromatic carboxylic acids is 1. The van der Waals surface area contributed by atoms with E-state index in [-0.39, 0.29) is 29.2 Å². The van der Waals surface area contributed by atoms with Crippen molar-refractivity contribution in [1.82, 2.24) is 0 Å². The maximum absolute atomic E-state index is 11.9. The number of phenolic OH excluding ortho intramolecular Hbond substituents is 2. The molecule has 0 fully saturated rings. The van der Waals surface area contributed by atoms with E-state index in [1.807, 2.05) is 0 Å². The molecule has 0 aliphatic carbocycles. The zero-order chi connectivity index (χ0) is 15.4. The zero-order valence-corrected chi connectivity index (χ0v) is 10.9. The Morgan fingerprint density at radius 1 is 1.05 bits per heavy atom. The molecule has 6 nitrogen and oxygen atoms in total.